The Labute approximate surface area is 166 Å². The second-order valence-electron chi connectivity index (χ2n) is 6.68. The number of methoxy groups -OCH3 is 1. The zero-order valence-electron chi connectivity index (χ0n) is 15.5. The highest BCUT2D eigenvalue weighted by atomic mass is 16.5. The van der Waals surface area contributed by atoms with Gasteiger partial charge in [0.2, 0.25) is 5.54 Å². The number of ether oxygens (including phenoxy) is 1. The van der Waals surface area contributed by atoms with Gasteiger partial charge < -0.3 is 20.7 Å². The van der Waals surface area contributed by atoms with Gasteiger partial charge >= 0.3 is 6.03 Å². The maximum absolute atomic E-state index is 12.9. The molecular weight excluding hydrogens is 374 g/mol. The average molecular weight is 391 g/mol. The highest BCUT2D eigenvalue weighted by molar-refractivity contribution is 6.10. The van der Waals surface area contributed by atoms with Crippen molar-refractivity contribution in [3.8, 4) is 17.6 Å². The number of imide groups is 1. The molecule has 1 atom stereocenters. The van der Waals surface area contributed by atoms with E-state index < -0.39 is 17.5 Å². The molecule has 2 aliphatic heterocycles. The number of amides is 4. The molecule has 1 aromatic heterocycles. The van der Waals surface area contributed by atoms with Crippen LogP contribution >= 0.6 is 0 Å². The number of anilines is 1. The summed E-state index contributed by atoms with van der Waals surface area (Å²) in [6, 6.07) is 7.86. The van der Waals surface area contributed by atoms with Crippen LogP contribution < -0.4 is 21.1 Å². The first-order valence-corrected chi connectivity index (χ1v) is 8.75. The lowest BCUT2D eigenvalue weighted by atomic mass is 9.99. The summed E-state index contributed by atoms with van der Waals surface area (Å²) >= 11 is 0. The molecule has 4 N–H and O–H groups in total. The second kappa shape index (κ2) is 6.83. The SMILES string of the molecule is COc1ccc2c(c1)C(=O)N(C[C@@]1(C#Cc3cccnc3N)NC(=O)NC1=O)C2. The maximum atomic E-state index is 12.9. The molecule has 0 aliphatic carbocycles. The Bertz CT molecular complexity index is 1100. The molecule has 2 aromatic rings. The molecular formula is C20H17N5O4. The molecule has 0 saturated carbocycles. The Morgan fingerprint density at radius 1 is 1.31 bits per heavy atom. The monoisotopic (exact) mass is 391 g/mol. The average Bonchev–Trinajstić information content (AvgIpc) is 3.16. The van der Waals surface area contributed by atoms with Crippen molar-refractivity contribution in [3.63, 3.8) is 0 Å². The highest BCUT2D eigenvalue weighted by Crippen LogP contribution is 2.28. The normalized spacial score (nSPS) is 19.9. The molecule has 146 valence electrons. The minimum atomic E-state index is -1.60. The molecule has 4 rings (SSSR count). The zero-order valence-corrected chi connectivity index (χ0v) is 15.5. The third-order valence-corrected chi connectivity index (χ3v) is 4.81. The van der Waals surface area contributed by atoms with Gasteiger partial charge in [0.15, 0.2) is 0 Å². The first-order valence-electron chi connectivity index (χ1n) is 8.75. The third-order valence-electron chi connectivity index (χ3n) is 4.81. The molecule has 9 heteroatoms. The lowest BCUT2D eigenvalue weighted by Gasteiger charge is -2.26. The van der Waals surface area contributed by atoms with Gasteiger partial charge in [0.1, 0.15) is 11.6 Å². The molecule has 0 unspecified atom stereocenters. The third kappa shape index (κ3) is 3.21. The number of rotatable bonds is 3. The molecule has 3 heterocycles. The number of pyridine rings is 1. The molecule has 0 bridgehead atoms. The van der Waals surface area contributed by atoms with Gasteiger partial charge in [-0.3, -0.25) is 14.9 Å². The van der Waals surface area contributed by atoms with Crippen LogP contribution in [0, 0.1) is 11.8 Å². The zero-order chi connectivity index (χ0) is 20.6. The van der Waals surface area contributed by atoms with E-state index in [1.165, 1.54) is 18.2 Å². The predicted molar refractivity (Wildman–Crippen MR) is 103 cm³/mol. The number of nitrogens with zero attached hydrogens (tertiary/aromatic N) is 2. The molecule has 1 aromatic carbocycles. The molecule has 9 nitrogen and oxygen atoms in total. The van der Waals surface area contributed by atoms with Crippen LogP contribution in [0.4, 0.5) is 10.6 Å². The summed E-state index contributed by atoms with van der Waals surface area (Å²) in [6.07, 6.45) is 1.52. The van der Waals surface area contributed by atoms with E-state index in [1.807, 2.05) is 0 Å². The van der Waals surface area contributed by atoms with E-state index in [9.17, 15) is 14.4 Å². The van der Waals surface area contributed by atoms with Gasteiger partial charge in [-0.25, -0.2) is 9.78 Å². The van der Waals surface area contributed by atoms with Crippen molar-refractivity contribution >= 4 is 23.7 Å². The molecule has 0 spiro atoms. The Morgan fingerprint density at radius 3 is 2.83 bits per heavy atom. The number of aromatic nitrogens is 1. The maximum Gasteiger partial charge on any atom is 0.323 e. The molecule has 29 heavy (non-hydrogen) atoms. The van der Waals surface area contributed by atoms with E-state index in [1.54, 1.807) is 30.3 Å². The van der Waals surface area contributed by atoms with Gasteiger partial charge in [-0.05, 0) is 29.8 Å². The summed E-state index contributed by atoms with van der Waals surface area (Å²) in [6.45, 7) is 0.174. The first-order chi connectivity index (χ1) is 13.9. The lowest BCUT2D eigenvalue weighted by Crippen LogP contribution is -2.54. The number of hydrogen-bond donors (Lipinski definition) is 3. The molecule has 1 fully saturated rings. The highest BCUT2D eigenvalue weighted by Gasteiger charge is 2.48. The minimum absolute atomic E-state index is 0.117. The van der Waals surface area contributed by atoms with Gasteiger partial charge in [0, 0.05) is 18.3 Å². The summed E-state index contributed by atoms with van der Waals surface area (Å²) in [5.74, 6) is 5.47. The van der Waals surface area contributed by atoms with Gasteiger partial charge in [-0.1, -0.05) is 17.9 Å². The number of carbonyl (C=O) groups is 3. The Morgan fingerprint density at radius 2 is 2.14 bits per heavy atom. The molecule has 2 aliphatic rings. The minimum Gasteiger partial charge on any atom is -0.497 e. The van der Waals surface area contributed by atoms with E-state index in [-0.39, 0.29) is 18.3 Å². The molecule has 1 saturated heterocycles. The molecule has 4 amide bonds. The molecule has 0 radical (unpaired) electrons. The van der Waals surface area contributed by atoms with Gasteiger partial charge in [-0.15, -0.1) is 0 Å². The number of nitrogen functional groups attached to an aromatic ring is 1. The van der Waals surface area contributed by atoms with Crippen molar-refractivity contribution in [1.29, 1.82) is 0 Å². The van der Waals surface area contributed by atoms with E-state index >= 15 is 0 Å². The summed E-state index contributed by atoms with van der Waals surface area (Å²) in [7, 11) is 1.52. The van der Waals surface area contributed by atoms with Gasteiger partial charge in [0.05, 0.1) is 19.2 Å². The van der Waals surface area contributed by atoms with Crippen molar-refractivity contribution in [2.24, 2.45) is 0 Å². The predicted octanol–water partition coefficient (Wildman–Crippen LogP) is 0.258. The van der Waals surface area contributed by atoms with Crippen LogP contribution in [-0.2, 0) is 11.3 Å². The van der Waals surface area contributed by atoms with E-state index in [0.29, 0.717) is 23.4 Å². The smallest absolute Gasteiger partial charge is 0.323 e. The van der Waals surface area contributed by atoms with Crippen molar-refractivity contribution in [2.45, 2.75) is 12.1 Å². The number of benzene rings is 1. The largest absolute Gasteiger partial charge is 0.497 e. The van der Waals surface area contributed by atoms with E-state index in [2.05, 4.69) is 27.5 Å². The topological polar surface area (TPSA) is 127 Å². The summed E-state index contributed by atoms with van der Waals surface area (Å²) in [4.78, 5) is 42.7. The quantitative estimate of drug-likeness (QED) is 0.509. The standard InChI is InChI=1S/C20H17N5O4/c1-29-14-5-4-13-10-25(17(26)15(13)9-14)11-20(18(27)23-19(28)24-20)7-6-12-3-2-8-22-16(12)21/h2-5,8-9H,10-11H2,1H3,(H2,21,22)(H2,23,24,27,28)/t20-/m1/s1. The first kappa shape index (κ1) is 18.3. The fourth-order valence-electron chi connectivity index (χ4n) is 3.31. The number of carbonyl (C=O) groups excluding carboxylic acids is 3. The van der Waals surface area contributed by atoms with E-state index in [4.69, 9.17) is 10.5 Å². The fraction of sp³-hybridized carbons (Fsp3) is 0.200. The Hall–Kier alpha value is -4.06. The van der Waals surface area contributed by atoms with Crippen molar-refractivity contribution in [2.75, 3.05) is 19.4 Å². The lowest BCUT2D eigenvalue weighted by molar-refractivity contribution is -0.122. The number of nitrogens with one attached hydrogen (secondary N) is 2. The number of urea groups is 1. The number of fused-ring (bicyclic) bond motifs is 1. The van der Waals surface area contributed by atoms with Gasteiger partial charge in [-0.2, -0.15) is 0 Å². The number of hydrogen-bond acceptors (Lipinski definition) is 6. The van der Waals surface area contributed by atoms with Crippen molar-refractivity contribution < 1.29 is 19.1 Å². The van der Waals surface area contributed by atoms with Crippen molar-refractivity contribution in [3.05, 3.63) is 53.2 Å². The number of nitrogens with two attached hydrogens (primary N) is 1. The van der Waals surface area contributed by atoms with Crippen LogP contribution in [0.15, 0.2) is 36.5 Å². The van der Waals surface area contributed by atoms with Crippen LogP contribution in [0.5, 0.6) is 5.75 Å². The van der Waals surface area contributed by atoms with Crippen LogP contribution in [0.1, 0.15) is 21.5 Å². The van der Waals surface area contributed by atoms with Gasteiger partial charge in [0.25, 0.3) is 11.8 Å². The van der Waals surface area contributed by atoms with E-state index in [0.717, 1.165) is 5.56 Å². The Kier molecular flexibility index (Phi) is 4.31. The van der Waals surface area contributed by atoms with Crippen LogP contribution in [0.25, 0.3) is 0 Å². The van der Waals surface area contributed by atoms with Crippen LogP contribution in [0.2, 0.25) is 0 Å². The van der Waals surface area contributed by atoms with Crippen LogP contribution in [-0.4, -0.2) is 46.9 Å². The van der Waals surface area contributed by atoms with Crippen molar-refractivity contribution in [1.82, 2.24) is 20.5 Å². The second-order valence-corrected chi connectivity index (χ2v) is 6.68. The summed E-state index contributed by atoms with van der Waals surface area (Å²) in [5.41, 5.74) is 5.92. The summed E-state index contributed by atoms with van der Waals surface area (Å²) in [5, 5.41) is 4.74. The van der Waals surface area contributed by atoms with Crippen LogP contribution in [0.3, 0.4) is 0 Å². The Balaban J connectivity index is 1.66. The fourth-order valence-corrected chi connectivity index (χ4v) is 3.31. The summed E-state index contributed by atoms with van der Waals surface area (Å²) < 4.78 is 5.17.